The summed E-state index contributed by atoms with van der Waals surface area (Å²) in [5.74, 6) is 0. The van der Waals surface area contributed by atoms with Crippen molar-refractivity contribution in [3.63, 3.8) is 0 Å². The molecule has 2 N–H and O–H groups in total. The molecule has 142 valence electrons. The van der Waals surface area contributed by atoms with Gasteiger partial charge in [0.15, 0.2) is 0 Å². The van der Waals surface area contributed by atoms with E-state index in [0.717, 1.165) is 23.6 Å². The van der Waals surface area contributed by atoms with Crippen LogP contribution in [0.4, 0.5) is 0 Å². The molecule has 1 saturated heterocycles. The highest BCUT2D eigenvalue weighted by molar-refractivity contribution is 7.18. The van der Waals surface area contributed by atoms with Gasteiger partial charge in [-0.1, -0.05) is 42.5 Å². The Bertz CT molecular complexity index is 1020. The Hall–Kier alpha value is -2.12. The summed E-state index contributed by atoms with van der Waals surface area (Å²) < 4.78 is 1.30. The summed E-state index contributed by atoms with van der Waals surface area (Å²) in [7, 11) is 0. The Morgan fingerprint density at radius 3 is 2.29 bits per heavy atom. The van der Waals surface area contributed by atoms with E-state index in [1.807, 2.05) is 11.3 Å². The van der Waals surface area contributed by atoms with E-state index in [-0.39, 0.29) is 0 Å². The van der Waals surface area contributed by atoms with Crippen LogP contribution in [-0.2, 0) is 13.1 Å². The van der Waals surface area contributed by atoms with E-state index in [0.29, 0.717) is 0 Å². The number of thiazole rings is 2. The van der Waals surface area contributed by atoms with Crippen molar-refractivity contribution in [3.8, 4) is 10.6 Å². The topological polar surface area (TPSA) is 34.7 Å². The molecule has 6 heteroatoms. The van der Waals surface area contributed by atoms with Gasteiger partial charge in [0.2, 0.25) is 0 Å². The lowest BCUT2D eigenvalue weighted by atomic mass is 10.2. The third-order valence-electron chi connectivity index (χ3n) is 5.41. The molecular formula is C22H24N4S2+2. The van der Waals surface area contributed by atoms with Crippen LogP contribution in [0.1, 0.15) is 10.7 Å². The number of benzene rings is 2. The van der Waals surface area contributed by atoms with E-state index in [9.17, 15) is 0 Å². The minimum atomic E-state index is 1.04. The Morgan fingerprint density at radius 1 is 0.786 bits per heavy atom. The first kappa shape index (κ1) is 17.9. The van der Waals surface area contributed by atoms with Crippen LogP contribution in [0.15, 0.2) is 60.0 Å². The van der Waals surface area contributed by atoms with E-state index in [1.54, 1.807) is 21.1 Å². The van der Waals surface area contributed by atoms with Crippen molar-refractivity contribution >= 4 is 32.9 Å². The van der Waals surface area contributed by atoms with Gasteiger partial charge in [0.25, 0.3) is 0 Å². The standard InChI is InChI=1S/C22H22N4S2/c1-2-6-17(7-3-1)22-23-18(16-27-22)14-25-10-12-26(13-11-25)15-21-24-19-8-4-5-9-20(19)28-21/h1-9,16H,10-15H2/p+2. The van der Waals surface area contributed by atoms with Gasteiger partial charge in [-0.05, 0) is 12.1 Å². The zero-order chi connectivity index (χ0) is 18.8. The van der Waals surface area contributed by atoms with Crippen LogP contribution in [0.2, 0.25) is 0 Å². The molecule has 28 heavy (non-hydrogen) atoms. The molecule has 0 aliphatic carbocycles. The largest absolute Gasteiger partial charge is 0.321 e. The van der Waals surface area contributed by atoms with Crippen LogP contribution in [-0.4, -0.2) is 36.1 Å². The Kier molecular flexibility index (Phi) is 5.18. The number of quaternary nitrogens is 2. The molecule has 1 aliphatic heterocycles. The minimum absolute atomic E-state index is 1.04. The van der Waals surface area contributed by atoms with Gasteiger partial charge >= 0.3 is 0 Å². The van der Waals surface area contributed by atoms with Gasteiger partial charge < -0.3 is 9.80 Å². The second-order valence-electron chi connectivity index (χ2n) is 7.44. The summed E-state index contributed by atoms with van der Waals surface area (Å²) in [6.07, 6.45) is 0. The summed E-state index contributed by atoms with van der Waals surface area (Å²) in [5.41, 5.74) is 3.59. The van der Waals surface area contributed by atoms with Crippen LogP contribution in [0.3, 0.4) is 0 Å². The highest BCUT2D eigenvalue weighted by Crippen LogP contribution is 2.23. The molecule has 0 bridgehead atoms. The molecule has 3 heterocycles. The number of aromatic nitrogens is 2. The lowest BCUT2D eigenvalue weighted by Crippen LogP contribution is -3.27. The summed E-state index contributed by atoms with van der Waals surface area (Å²) in [4.78, 5) is 13.0. The van der Waals surface area contributed by atoms with Crippen molar-refractivity contribution in [2.75, 3.05) is 26.2 Å². The zero-order valence-corrected chi connectivity index (χ0v) is 17.4. The van der Waals surface area contributed by atoms with E-state index in [2.05, 4.69) is 60.0 Å². The van der Waals surface area contributed by atoms with E-state index >= 15 is 0 Å². The van der Waals surface area contributed by atoms with Crippen LogP contribution in [0, 0.1) is 0 Å². The molecule has 5 rings (SSSR count). The fraction of sp³-hybridized carbons (Fsp3) is 0.273. The summed E-state index contributed by atoms with van der Waals surface area (Å²) in [5, 5.41) is 4.64. The number of rotatable bonds is 5. The fourth-order valence-corrected chi connectivity index (χ4v) is 5.74. The molecular weight excluding hydrogens is 384 g/mol. The molecule has 2 aromatic carbocycles. The van der Waals surface area contributed by atoms with Gasteiger partial charge in [0.05, 0.1) is 10.2 Å². The van der Waals surface area contributed by atoms with Crippen LogP contribution in [0.5, 0.6) is 0 Å². The van der Waals surface area contributed by atoms with E-state index in [4.69, 9.17) is 9.97 Å². The molecule has 0 radical (unpaired) electrons. The number of hydrogen-bond acceptors (Lipinski definition) is 4. The number of nitrogens with one attached hydrogen (secondary N) is 2. The number of para-hydroxylation sites is 1. The molecule has 0 unspecified atom stereocenters. The summed E-state index contributed by atoms with van der Waals surface area (Å²) in [6, 6.07) is 18.9. The quantitative estimate of drug-likeness (QED) is 0.529. The first-order chi connectivity index (χ1) is 13.8. The van der Waals surface area contributed by atoms with Crippen molar-refractivity contribution in [2.45, 2.75) is 13.1 Å². The number of hydrogen-bond donors (Lipinski definition) is 2. The second-order valence-corrected chi connectivity index (χ2v) is 9.41. The van der Waals surface area contributed by atoms with Gasteiger partial charge in [0, 0.05) is 10.9 Å². The monoisotopic (exact) mass is 408 g/mol. The molecule has 1 fully saturated rings. The number of piperazine rings is 1. The van der Waals surface area contributed by atoms with Gasteiger partial charge in [-0.2, -0.15) is 0 Å². The Morgan fingerprint density at radius 2 is 1.50 bits per heavy atom. The molecule has 0 amide bonds. The lowest BCUT2D eigenvalue weighted by Gasteiger charge is -2.28. The first-order valence-electron chi connectivity index (χ1n) is 9.85. The van der Waals surface area contributed by atoms with E-state index in [1.165, 1.54) is 47.1 Å². The summed E-state index contributed by atoms with van der Waals surface area (Å²) >= 11 is 3.61. The highest BCUT2D eigenvalue weighted by Gasteiger charge is 2.24. The molecule has 0 atom stereocenters. The van der Waals surface area contributed by atoms with Crippen molar-refractivity contribution in [1.82, 2.24) is 9.97 Å². The van der Waals surface area contributed by atoms with Gasteiger partial charge in [-0.3, -0.25) is 0 Å². The fourth-order valence-electron chi connectivity index (χ4n) is 3.88. The predicted octanol–water partition coefficient (Wildman–Crippen LogP) is 1.90. The van der Waals surface area contributed by atoms with Gasteiger partial charge in [-0.25, -0.2) is 9.97 Å². The smallest absolute Gasteiger partial charge is 0.148 e. The SMILES string of the molecule is c1ccc(-c2nc(C[NH+]3CC[NH+](Cc4nc5ccccc5s4)CC3)cs2)cc1. The maximum Gasteiger partial charge on any atom is 0.148 e. The van der Waals surface area contributed by atoms with E-state index < -0.39 is 0 Å². The molecule has 2 aromatic heterocycles. The number of fused-ring (bicyclic) bond motifs is 1. The predicted molar refractivity (Wildman–Crippen MR) is 116 cm³/mol. The normalized spacial score (nSPS) is 19.9. The highest BCUT2D eigenvalue weighted by atomic mass is 32.1. The first-order valence-corrected chi connectivity index (χ1v) is 11.5. The maximum atomic E-state index is 4.87. The van der Waals surface area contributed by atoms with Crippen LogP contribution in [0.25, 0.3) is 20.8 Å². The second kappa shape index (κ2) is 8.09. The number of nitrogens with zero attached hydrogens (tertiary/aromatic N) is 2. The molecule has 0 spiro atoms. The minimum Gasteiger partial charge on any atom is -0.321 e. The summed E-state index contributed by atoms with van der Waals surface area (Å²) in [6.45, 7) is 6.93. The molecule has 0 saturated carbocycles. The Balaban J connectivity index is 1.16. The third-order valence-corrected chi connectivity index (χ3v) is 7.38. The maximum absolute atomic E-state index is 4.87. The van der Waals surface area contributed by atoms with Gasteiger partial charge in [-0.15, -0.1) is 22.7 Å². The van der Waals surface area contributed by atoms with Crippen LogP contribution < -0.4 is 9.80 Å². The van der Waals surface area contributed by atoms with Crippen molar-refractivity contribution < 1.29 is 9.80 Å². The molecule has 1 aliphatic rings. The van der Waals surface area contributed by atoms with Crippen molar-refractivity contribution in [2.24, 2.45) is 0 Å². The van der Waals surface area contributed by atoms with Gasteiger partial charge in [0.1, 0.15) is 55.0 Å². The zero-order valence-electron chi connectivity index (χ0n) is 15.7. The van der Waals surface area contributed by atoms with Crippen molar-refractivity contribution in [3.05, 3.63) is 70.7 Å². The van der Waals surface area contributed by atoms with Crippen LogP contribution >= 0.6 is 22.7 Å². The third kappa shape index (κ3) is 4.00. The average Bonchev–Trinajstić information content (AvgIpc) is 3.36. The Labute approximate surface area is 173 Å². The van der Waals surface area contributed by atoms with Crippen molar-refractivity contribution in [1.29, 1.82) is 0 Å². The average molecular weight is 409 g/mol. The lowest BCUT2D eigenvalue weighted by molar-refractivity contribution is -1.02. The molecule has 4 aromatic rings. The molecule has 4 nitrogen and oxygen atoms in total.